The highest BCUT2D eigenvalue weighted by Gasteiger charge is 2.26. The largest absolute Gasteiger partial charge is 0.493 e. The van der Waals surface area contributed by atoms with Crippen molar-refractivity contribution in [3.05, 3.63) is 44.3 Å². The SMILES string of the molecule is COc1cc(/C=C(/C(=O)N2CCCC2)c2nc3sc(C)c(C)c3c(=O)[nH]2)cc2c1OCCO2. The van der Waals surface area contributed by atoms with Crippen molar-refractivity contribution >= 4 is 39.1 Å². The minimum atomic E-state index is -0.239. The number of aromatic nitrogens is 2. The minimum Gasteiger partial charge on any atom is -0.493 e. The maximum atomic E-state index is 13.5. The number of fused-ring (bicyclic) bond motifs is 2. The van der Waals surface area contributed by atoms with Gasteiger partial charge in [0.1, 0.15) is 23.9 Å². The summed E-state index contributed by atoms with van der Waals surface area (Å²) in [4.78, 5) is 37.5. The van der Waals surface area contributed by atoms with Crippen molar-refractivity contribution in [3.8, 4) is 17.2 Å². The summed E-state index contributed by atoms with van der Waals surface area (Å²) in [5.74, 6) is 1.73. The number of carbonyl (C=O) groups is 1. The molecule has 1 aromatic carbocycles. The highest BCUT2D eigenvalue weighted by atomic mass is 32.1. The first kappa shape index (κ1) is 21.5. The number of thiophene rings is 1. The van der Waals surface area contributed by atoms with Gasteiger partial charge in [0.05, 0.1) is 18.1 Å². The van der Waals surface area contributed by atoms with Crippen LogP contribution in [-0.4, -0.2) is 54.2 Å². The number of methoxy groups -OCH3 is 1. The Hall–Kier alpha value is -3.33. The lowest BCUT2D eigenvalue weighted by Crippen LogP contribution is -2.29. The molecule has 0 bridgehead atoms. The number of aryl methyl sites for hydroxylation is 2. The number of H-pyrrole nitrogens is 1. The van der Waals surface area contributed by atoms with Crippen molar-refractivity contribution in [1.29, 1.82) is 0 Å². The summed E-state index contributed by atoms with van der Waals surface area (Å²) in [6.45, 7) is 6.13. The van der Waals surface area contributed by atoms with E-state index in [1.807, 2.05) is 19.9 Å². The maximum absolute atomic E-state index is 13.5. The number of hydrogen-bond acceptors (Lipinski definition) is 7. The molecule has 0 spiro atoms. The predicted octanol–water partition coefficient (Wildman–Crippen LogP) is 3.54. The van der Waals surface area contributed by atoms with Crippen LogP contribution in [0.3, 0.4) is 0 Å². The van der Waals surface area contributed by atoms with Crippen LogP contribution in [0.5, 0.6) is 17.2 Å². The summed E-state index contributed by atoms with van der Waals surface area (Å²) in [7, 11) is 1.56. The third-order valence-corrected chi connectivity index (χ3v) is 7.18. The van der Waals surface area contributed by atoms with E-state index in [4.69, 9.17) is 19.2 Å². The molecular formula is C24H25N3O5S. The van der Waals surface area contributed by atoms with Gasteiger partial charge < -0.3 is 24.1 Å². The zero-order valence-electron chi connectivity index (χ0n) is 18.8. The van der Waals surface area contributed by atoms with Crippen LogP contribution < -0.4 is 19.8 Å². The van der Waals surface area contributed by atoms with Crippen molar-refractivity contribution in [2.45, 2.75) is 26.7 Å². The van der Waals surface area contributed by atoms with Crippen LogP contribution in [0.4, 0.5) is 0 Å². The first-order valence-electron chi connectivity index (χ1n) is 10.9. The molecule has 0 radical (unpaired) electrons. The van der Waals surface area contributed by atoms with E-state index in [2.05, 4.69) is 4.98 Å². The Labute approximate surface area is 194 Å². The Kier molecular flexibility index (Phi) is 5.57. The second-order valence-electron chi connectivity index (χ2n) is 8.18. The number of ether oxygens (including phenoxy) is 3. The summed E-state index contributed by atoms with van der Waals surface area (Å²) >= 11 is 1.46. The third-order valence-electron chi connectivity index (χ3n) is 6.08. The van der Waals surface area contributed by atoms with E-state index in [1.54, 1.807) is 24.2 Å². The van der Waals surface area contributed by atoms with Crippen molar-refractivity contribution in [1.82, 2.24) is 14.9 Å². The molecule has 0 atom stereocenters. The highest BCUT2D eigenvalue weighted by molar-refractivity contribution is 7.18. The van der Waals surface area contributed by atoms with E-state index in [-0.39, 0.29) is 17.3 Å². The van der Waals surface area contributed by atoms with E-state index >= 15 is 0 Å². The van der Waals surface area contributed by atoms with Gasteiger partial charge in [-0.15, -0.1) is 11.3 Å². The summed E-state index contributed by atoms with van der Waals surface area (Å²) in [5.41, 5.74) is 1.71. The number of benzene rings is 1. The molecule has 1 amide bonds. The molecule has 33 heavy (non-hydrogen) atoms. The number of rotatable bonds is 4. The van der Waals surface area contributed by atoms with Crippen LogP contribution in [0.1, 0.15) is 34.7 Å². The number of likely N-dealkylation sites (tertiary alicyclic amines) is 1. The van der Waals surface area contributed by atoms with E-state index < -0.39 is 0 Å². The number of hydrogen-bond donors (Lipinski definition) is 1. The van der Waals surface area contributed by atoms with Crippen molar-refractivity contribution in [3.63, 3.8) is 0 Å². The number of nitrogens with one attached hydrogen (secondary N) is 1. The topological polar surface area (TPSA) is 93.8 Å². The Morgan fingerprint density at radius 3 is 2.73 bits per heavy atom. The molecule has 1 N–H and O–H groups in total. The lowest BCUT2D eigenvalue weighted by molar-refractivity contribution is -0.123. The predicted molar refractivity (Wildman–Crippen MR) is 127 cm³/mol. The van der Waals surface area contributed by atoms with E-state index in [0.717, 1.165) is 23.3 Å². The monoisotopic (exact) mass is 467 g/mol. The molecule has 1 fully saturated rings. The second-order valence-corrected chi connectivity index (χ2v) is 9.39. The van der Waals surface area contributed by atoms with Crippen molar-refractivity contribution in [2.24, 2.45) is 0 Å². The zero-order chi connectivity index (χ0) is 23.1. The summed E-state index contributed by atoms with van der Waals surface area (Å²) < 4.78 is 16.9. The van der Waals surface area contributed by atoms with Gasteiger partial charge in [-0.2, -0.15) is 0 Å². The molecule has 4 heterocycles. The molecule has 2 aliphatic heterocycles. The standard InChI is InChI=1S/C24H25N3O5S/c1-13-14(2)33-23-19(13)22(28)25-21(26-23)16(24(29)27-6-4-5-7-27)10-15-11-17(30-3)20-18(12-15)31-8-9-32-20/h10-12H,4-9H2,1-3H3,(H,25,26,28)/b16-10+. The molecule has 2 aliphatic rings. The fourth-order valence-electron chi connectivity index (χ4n) is 4.25. The van der Waals surface area contributed by atoms with Gasteiger partial charge in [0.25, 0.3) is 11.5 Å². The third kappa shape index (κ3) is 3.86. The molecule has 172 valence electrons. The van der Waals surface area contributed by atoms with Crippen LogP contribution in [0.2, 0.25) is 0 Å². The Morgan fingerprint density at radius 2 is 1.97 bits per heavy atom. The Morgan fingerprint density at radius 1 is 1.21 bits per heavy atom. The van der Waals surface area contributed by atoms with E-state index in [9.17, 15) is 9.59 Å². The molecule has 1 saturated heterocycles. The molecule has 2 aromatic heterocycles. The van der Waals surface area contributed by atoms with Crippen LogP contribution in [0, 0.1) is 13.8 Å². The Bertz CT molecular complexity index is 1320. The lowest BCUT2D eigenvalue weighted by Gasteiger charge is -2.21. The first-order valence-corrected chi connectivity index (χ1v) is 11.8. The molecule has 3 aromatic rings. The van der Waals surface area contributed by atoms with Crippen LogP contribution in [0.25, 0.3) is 21.9 Å². The number of carbonyl (C=O) groups excluding carboxylic acids is 1. The molecule has 9 heteroatoms. The smallest absolute Gasteiger partial charge is 0.260 e. The summed E-state index contributed by atoms with van der Waals surface area (Å²) in [6.07, 6.45) is 3.66. The van der Waals surface area contributed by atoms with Gasteiger partial charge in [-0.25, -0.2) is 4.98 Å². The molecule has 0 saturated carbocycles. The summed E-state index contributed by atoms with van der Waals surface area (Å²) in [5, 5.41) is 0.579. The number of amides is 1. The summed E-state index contributed by atoms with van der Waals surface area (Å²) in [6, 6.07) is 3.60. The van der Waals surface area contributed by atoms with Crippen LogP contribution in [-0.2, 0) is 4.79 Å². The van der Waals surface area contributed by atoms with Gasteiger partial charge in [-0.05, 0) is 56.0 Å². The van der Waals surface area contributed by atoms with Gasteiger partial charge >= 0.3 is 0 Å². The number of aromatic amines is 1. The fraction of sp³-hybridized carbons (Fsp3) is 0.375. The normalized spacial score (nSPS) is 15.8. The average molecular weight is 468 g/mol. The quantitative estimate of drug-likeness (QED) is 0.590. The fourth-order valence-corrected chi connectivity index (χ4v) is 5.28. The van der Waals surface area contributed by atoms with Gasteiger partial charge in [-0.3, -0.25) is 9.59 Å². The molecule has 5 rings (SSSR count). The second kappa shape index (κ2) is 8.55. The van der Waals surface area contributed by atoms with Crippen molar-refractivity contribution in [2.75, 3.05) is 33.4 Å². The highest BCUT2D eigenvalue weighted by Crippen LogP contribution is 2.41. The first-order chi connectivity index (χ1) is 16.0. The van der Waals surface area contributed by atoms with E-state index in [0.29, 0.717) is 64.9 Å². The maximum Gasteiger partial charge on any atom is 0.260 e. The molecule has 0 aliphatic carbocycles. The molecular weight excluding hydrogens is 442 g/mol. The van der Waals surface area contributed by atoms with Gasteiger partial charge in [-0.1, -0.05) is 0 Å². The van der Waals surface area contributed by atoms with Crippen molar-refractivity contribution < 1.29 is 19.0 Å². The van der Waals surface area contributed by atoms with Crippen LogP contribution in [0.15, 0.2) is 16.9 Å². The lowest BCUT2D eigenvalue weighted by atomic mass is 10.1. The molecule has 8 nitrogen and oxygen atoms in total. The van der Waals surface area contributed by atoms with Gasteiger partial charge in [0, 0.05) is 18.0 Å². The van der Waals surface area contributed by atoms with E-state index in [1.165, 1.54) is 11.3 Å². The zero-order valence-corrected chi connectivity index (χ0v) is 19.6. The van der Waals surface area contributed by atoms with Gasteiger partial charge in [0.15, 0.2) is 11.5 Å². The average Bonchev–Trinajstić information content (AvgIpc) is 3.45. The molecule has 0 unspecified atom stereocenters. The van der Waals surface area contributed by atoms with Crippen LogP contribution >= 0.6 is 11.3 Å². The number of nitrogens with zero attached hydrogens (tertiary/aromatic N) is 2. The Balaban J connectivity index is 1.67. The van der Waals surface area contributed by atoms with Gasteiger partial charge in [0.2, 0.25) is 5.75 Å². The minimum absolute atomic E-state index is 0.158.